The molecule has 0 aliphatic rings. The van der Waals surface area contributed by atoms with E-state index in [1.54, 1.807) is 12.3 Å². The third kappa shape index (κ3) is 2.40. The molecule has 0 aliphatic heterocycles. The van der Waals surface area contributed by atoms with E-state index >= 15 is 0 Å². The number of benzene rings is 1. The fourth-order valence-electron chi connectivity index (χ4n) is 3.16. The molecule has 7 heteroatoms. The van der Waals surface area contributed by atoms with Gasteiger partial charge in [-0.1, -0.05) is 18.2 Å². The lowest BCUT2D eigenvalue weighted by atomic mass is 10.2. The van der Waals surface area contributed by atoms with Crippen molar-refractivity contribution in [1.82, 2.24) is 19.3 Å². The highest BCUT2D eigenvalue weighted by Gasteiger charge is 2.12. The summed E-state index contributed by atoms with van der Waals surface area (Å²) in [5, 5.41) is 15.0. The molecule has 7 nitrogen and oxygen atoms in total. The molecule has 0 radical (unpaired) electrons. The predicted octanol–water partition coefficient (Wildman–Crippen LogP) is 1.98. The molecule has 0 saturated carbocycles. The van der Waals surface area contributed by atoms with E-state index in [4.69, 9.17) is 5.26 Å². The summed E-state index contributed by atoms with van der Waals surface area (Å²) in [5.41, 5.74) is 1.39. The van der Waals surface area contributed by atoms with Crippen molar-refractivity contribution in [2.45, 2.75) is 20.0 Å². The van der Waals surface area contributed by atoms with Crippen LogP contribution in [0.25, 0.3) is 21.8 Å². The van der Waals surface area contributed by atoms with Crippen LogP contribution in [-0.2, 0) is 13.1 Å². The number of rotatable bonds is 3. The zero-order valence-electron chi connectivity index (χ0n) is 14.1. The van der Waals surface area contributed by atoms with Crippen LogP contribution < -0.4 is 11.1 Å². The van der Waals surface area contributed by atoms with E-state index in [0.717, 1.165) is 23.1 Å². The van der Waals surface area contributed by atoms with Crippen LogP contribution in [-0.4, -0.2) is 19.3 Å². The number of H-pyrrole nitrogens is 1. The molecule has 0 aliphatic carbocycles. The first-order valence-corrected chi connectivity index (χ1v) is 8.23. The summed E-state index contributed by atoms with van der Waals surface area (Å²) in [6.45, 7) is 3.06. The fraction of sp³-hybridized carbons (Fsp3) is 0.158. The number of hydrogen-bond donors (Lipinski definition) is 1. The Hall–Kier alpha value is -3.66. The average molecular weight is 345 g/mol. The minimum absolute atomic E-state index is 0.0759. The molecule has 4 rings (SSSR count). The maximum absolute atomic E-state index is 12.8. The summed E-state index contributed by atoms with van der Waals surface area (Å²) in [6, 6.07) is 12.7. The molecule has 0 atom stereocenters. The minimum atomic E-state index is -0.496. The highest BCUT2D eigenvalue weighted by molar-refractivity contribution is 5.82. The Balaban J connectivity index is 1.88. The molecule has 0 fully saturated rings. The summed E-state index contributed by atoms with van der Waals surface area (Å²) < 4.78 is 3.44. The summed E-state index contributed by atoms with van der Waals surface area (Å²) >= 11 is 0. The van der Waals surface area contributed by atoms with Crippen LogP contribution >= 0.6 is 0 Å². The van der Waals surface area contributed by atoms with Gasteiger partial charge in [0, 0.05) is 18.1 Å². The van der Waals surface area contributed by atoms with Gasteiger partial charge in [-0.05, 0) is 25.1 Å². The number of para-hydroxylation sites is 1. The molecule has 128 valence electrons. The SMILES string of the molecule is CCn1nc(Cn2ccc3[nH]c(=O)c(C#N)cc3c2=O)c2ccccc21. The first-order chi connectivity index (χ1) is 12.6. The molecule has 3 aromatic heterocycles. The normalized spacial score (nSPS) is 11.1. The Morgan fingerprint density at radius 3 is 2.77 bits per heavy atom. The van der Waals surface area contributed by atoms with Crippen LogP contribution in [0.3, 0.4) is 0 Å². The Bertz CT molecular complexity index is 1300. The van der Waals surface area contributed by atoms with Crippen molar-refractivity contribution in [3.05, 3.63) is 74.6 Å². The van der Waals surface area contributed by atoms with Gasteiger partial charge in [-0.25, -0.2) is 0 Å². The smallest absolute Gasteiger partial charge is 0.266 e. The van der Waals surface area contributed by atoms with E-state index in [1.807, 2.05) is 41.9 Å². The Morgan fingerprint density at radius 2 is 2.00 bits per heavy atom. The third-order valence-corrected chi connectivity index (χ3v) is 4.46. The van der Waals surface area contributed by atoms with Gasteiger partial charge in [-0.15, -0.1) is 0 Å². The van der Waals surface area contributed by atoms with Gasteiger partial charge in [0.1, 0.15) is 11.6 Å². The molecule has 0 amide bonds. The van der Waals surface area contributed by atoms with Crippen molar-refractivity contribution in [3.8, 4) is 6.07 Å². The maximum Gasteiger partial charge on any atom is 0.266 e. The van der Waals surface area contributed by atoms with Crippen molar-refractivity contribution in [1.29, 1.82) is 5.26 Å². The topological polar surface area (TPSA) is 96.5 Å². The number of nitrogens with one attached hydrogen (secondary N) is 1. The number of fused-ring (bicyclic) bond motifs is 2. The van der Waals surface area contributed by atoms with Crippen LogP contribution in [0.5, 0.6) is 0 Å². The highest BCUT2D eigenvalue weighted by atomic mass is 16.1. The van der Waals surface area contributed by atoms with Crippen LogP contribution in [0.1, 0.15) is 18.2 Å². The second-order valence-corrected chi connectivity index (χ2v) is 5.98. The standard InChI is InChI=1S/C19H15N5O2/c1-2-24-17-6-4-3-5-13(17)16(22-24)11-23-8-7-15-14(19(23)26)9-12(10-20)18(25)21-15/h3-9H,2,11H2,1H3,(H,21,25). The second kappa shape index (κ2) is 6.01. The van der Waals surface area contributed by atoms with Crippen LogP contribution in [0, 0.1) is 11.3 Å². The van der Waals surface area contributed by atoms with E-state index in [9.17, 15) is 9.59 Å². The van der Waals surface area contributed by atoms with Gasteiger partial charge in [0.2, 0.25) is 0 Å². The molecule has 26 heavy (non-hydrogen) atoms. The Labute approximate surface area is 147 Å². The van der Waals surface area contributed by atoms with Gasteiger partial charge < -0.3 is 9.55 Å². The van der Waals surface area contributed by atoms with E-state index in [0.29, 0.717) is 17.4 Å². The van der Waals surface area contributed by atoms with Crippen LogP contribution in [0.4, 0.5) is 0 Å². The molecule has 0 bridgehead atoms. The summed E-state index contributed by atoms with van der Waals surface area (Å²) in [7, 11) is 0. The van der Waals surface area contributed by atoms with Crippen LogP contribution in [0.2, 0.25) is 0 Å². The number of aromatic nitrogens is 4. The Kier molecular flexibility index (Phi) is 3.66. The molecule has 4 aromatic rings. The average Bonchev–Trinajstić information content (AvgIpc) is 3.01. The van der Waals surface area contributed by atoms with Crippen molar-refractivity contribution >= 4 is 21.8 Å². The monoisotopic (exact) mass is 345 g/mol. The molecular formula is C19H15N5O2. The molecule has 3 heterocycles. The summed E-state index contributed by atoms with van der Waals surface area (Å²) in [4.78, 5) is 27.1. The van der Waals surface area contributed by atoms with Crippen molar-refractivity contribution < 1.29 is 0 Å². The van der Waals surface area contributed by atoms with Gasteiger partial charge in [0.25, 0.3) is 11.1 Å². The van der Waals surface area contributed by atoms with Crippen molar-refractivity contribution in [2.75, 3.05) is 0 Å². The van der Waals surface area contributed by atoms with Gasteiger partial charge >= 0.3 is 0 Å². The van der Waals surface area contributed by atoms with Gasteiger partial charge in [-0.2, -0.15) is 10.4 Å². The predicted molar refractivity (Wildman–Crippen MR) is 98.1 cm³/mol. The van der Waals surface area contributed by atoms with Crippen molar-refractivity contribution in [3.63, 3.8) is 0 Å². The molecule has 0 spiro atoms. The summed E-state index contributed by atoms with van der Waals surface area (Å²) in [6.07, 6.45) is 1.63. The number of aromatic amines is 1. The highest BCUT2D eigenvalue weighted by Crippen LogP contribution is 2.19. The molecule has 0 unspecified atom stereocenters. The number of aryl methyl sites for hydroxylation is 1. The first-order valence-electron chi connectivity index (χ1n) is 8.23. The van der Waals surface area contributed by atoms with Gasteiger partial charge in [-0.3, -0.25) is 14.3 Å². The third-order valence-electron chi connectivity index (χ3n) is 4.46. The number of hydrogen-bond acceptors (Lipinski definition) is 4. The lowest BCUT2D eigenvalue weighted by Gasteiger charge is -2.06. The van der Waals surface area contributed by atoms with Gasteiger partial charge in [0.05, 0.1) is 28.7 Å². The second-order valence-electron chi connectivity index (χ2n) is 5.98. The first kappa shape index (κ1) is 15.8. The molecule has 1 N–H and O–H groups in total. The quantitative estimate of drug-likeness (QED) is 0.614. The van der Waals surface area contributed by atoms with E-state index in [2.05, 4.69) is 10.1 Å². The minimum Gasteiger partial charge on any atom is -0.321 e. The summed E-state index contributed by atoms with van der Waals surface area (Å²) in [5.74, 6) is 0. The number of nitrogens with zero attached hydrogens (tertiary/aromatic N) is 4. The van der Waals surface area contributed by atoms with Crippen molar-refractivity contribution in [2.24, 2.45) is 0 Å². The lowest BCUT2D eigenvalue weighted by molar-refractivity contribution is 0.649. The lowest BCUT2D eigenvalue weighted by Crippen LogP contribution is -2.22. The molecule has 0 saturated heterocycles. The fourth-order valence-corrected chi connectivity index (χ4v) is 3.16. The largest absolute Gasteiger partial charge is 0.321 e. The van der Waals surface area contributed by atoms with E-state index in [1.165, 1.54) is 10.6 Å². The molecule has 1 aromatic carbocycles. The van der Waals surface area contributed by atoms with E-state index < -0.39 is 5.56 Å². The zero-order chi connectivity index (χ0) is 18.3. The Morgan fingerprint density at radius 1 is 1.19 bits per heavy atom. The number of pyridine rings is 2. The van der Waals surface area contributed by atoms with E-state index in [-0.39, 0.29) is 11.1 Å². The number of nitriles is 1. The van der Waals surface area contributed by atoms with Gasteiger partial charge in [0.15, 0.2) is 0 Å². The zero-order valence-corrected chi connectivity index (χ0v) is 14.1. The van der Waals surface area contributed by atoms with Crippen LogP contribution in [0.15, 0.2) is 52.2 Å². The maximum atomic E-state index is 12.8. The molecular weight excluding hydrogens is 330 g/mol.